The zero-order valence-corrected chi connectivity index (χ0v) is 11.9. The molecule has 112 valence electrons. The molecule has 22 heavy (non-hydrogen) atoms. The molecule has 2 N–H and O–H groups in total. The van der Waals surface area contributed by atoms with Crippen LogP contribution in [-0.2, 0) is 4.74 Å². The highest BCUT2D eigenvalue weighted by Crippen LogP contribution is 2.25. The van der Waals surface area contributed by atoms with Crippen LogP contribution in [0.1, 0.15) is 12.5 Å². The molecule has 3 aromatic rings. The second-order valence-electron chi connectivity index (χ2n) is 4.51. The number of rotatable bonds is 3. The Morgan fingerprint density at radius 1 is 1.45 bits per heavy atom. The molecule has 1 aromatic carbocycles. The van der Waals surface area contributed by atoms with Crippen LogP contribution in [0.5, 0.6) is 5.88 Å². The first-order valence-electron chi connectivity index (χ1n) is 6.75. The minimum Gasteiger partial charge on any atom is -0.494 e. The van der Waals surface area contributed by atoms with Crippen molar-refractivity contribution >= 4 is 29.0 Å². The molecule has 7 nitrogen and oxygen atoms in total. The Morgan fingerprint density at radius 2 is 2.27 bits per heavy atom. The number of aliphatic imine (C=N–C) groups is 1. The maximum atomic E-state index is 11.5. The van der Waals surface area contributed by atoms with Gasteiger partial charge in [0.05, 0.1) is 12.2 Å². The van der Waals surface area contributed by atoms with Crippen molar-refractivity contribution < 1.29 is 14.6 Å². The van der Waals surface area contributed by atoms with Crippen molar-refractivity contribution in [2.75, 3.05) is 6.61 Å². The Bertz CT molecular complexity index is 847. The topological polar surface area (TPSA) is 92.5 Å². The van der Waals surface area contributed by atoms with Crippen molar-refractivity contribution in [2.45, 2.75) is 6.92 Å². The molecule has 0 saturated carbocycles. The number of para-hydroxylation sites is 1. The molecule has 0 aliphatic carbocycles. The highest BCUT2D eigenvalue weighted by molar-refractivity contribution is 6.02. The third-order valence-electron chi connectivity index (χ3n) is 3.08. The third-order valence-corrected chi connectivity index (χ3v) is 3.08. The lowest BCUT2D eigenvalue weighted by Gasteiger charge is -1.98. The lowest BCUT2D eigenvalue weighted by atomic mass is 10.2. The summed E-state index contributed by atoms with van der Waals surface area (Å²) < 4.78 is 5.91. The van der Waals surface area contributed by atoms with Crippen LogP contribution in [0.4, 0.5) is 10.6 Å². The minimum absolute atomic E-state index is 0.0368. The van der Waals surface area contributed by atoms with Gasteiger partial charge in [-0.25, -0.2) is 9.79 Å². The zero-order valence-electron chi connectivity index (χ0n) is 11.9. The van der Waals surface area contributed by atoms with Crippen LogP contribution in [0.3, 0.4) is 0 Å². The molecule has 0 spiro atoms. The monoisotopic (exact) mass is 298 g/mol. The predicted molar refractivity (Wildman–Crippen MR) is 81.9 cm³/mol. The van der Waals surface area contributed by atoms with E-state index in [0.29, 0.717) is 11.4 Å². The van der Waals surface area contributed by atoms with Crippen molar-refractivity contribution in [2.24, 2.45) is 4.99 Å². The Labute approximate surface area is 125 Å². The number of aromatic hydroxyl groups is 1. The van der Waals surface area contributed by atoms with E-state index in [1.54, 1.807) is 13.0 Å². The van der Waals surface area contributed by atoms with Crippen molar-refractivity contribution in [1.82, 2.24) is 14.8 Å². The van der Waals surface area contributed by atoms with Gasteiger partial charge in [-0.15, -0.1) is 5.10 Å². The number of nitrogens with zero attached hydrogens (tertiary/aromatic N) is 3. The SMILES string of the molecule is CCOC(=O)n1ccc(N=Cc2c(O)[nH]c3ccccc23)n1. The summed E-state index contributed by atoms with van der Waals surface area (Å²) in [7, 11) is 0. The number of ether oxygens (including phenoxy) is 1. The van der Waals surface area contributed by atoms with Gasteiger partial charge in [-0.3, -0.25) is 0 Å². The van der Waals surface area contributed by atoms with Crippen LogP contribution in [0.25, 0.3) is 10.9 Å². The molecule has 2 heterocycles. The number of carbonyl (C=O) groups is 1. The fourth-order valence-corrected chi connectivity index (χ4v) is 2.09. The number of aromatic amines is 1. The van der Waals surface area contributed by atoms with Crippen molar-refractivity contribution in [1.29, 1.82) is 0 Å². The maximum absolute atomic E-state index is 11.5. The predicted octanol–water partition coefficient (Wildman–Crippen LogP) is 2.83. The molecule has 0 fully saturated rings. The fourth-order valence-electron chi connectivity index (χ4n) is 2.09. The van der Waals surface area contributed by atoms with Crippen LogP contribution in [-0.4, -0.2) is 38.8 Å². The molecule has 0 amide bonds. The average molecular weight is 298 g/mol. The third kappa shape index (κ3) is 2.56. The first kappa shape index (κ1) is 13.9. The van der Waals surface area contributed by atoms with Crippen LogP contribution in [0.15, 0.2) is 41.5 Å². The number of hydrogen-bond donors (Lipinski definition) is 2. The van der Waals surface area contributed by atoms with E-state index in [-0.39, 0.29) is 12.5 Å². The molecular weight excluding hydrogens is 284 g/mol. The standard InChI is InChI=1S/C15H14N4O3/c1-2-22-15(21)19-8-7-13(18-19)16-9-11-10-5-3-4-6-12(10)17-14(11)20/h3-9,17,20H,2H2,1H3. The maximum Gasteiger partial charge on any atom is 0.434 e. The van der Waals surface area contributed by atoms with Gasteiger partial charge in [-0.1, -0.05) is 18.2 Å². The van der Waals surface area contributed by atoms with Crippen molar-refractivity contribution in [3.63, 3.8) is 0 Å². The highest BCUT2D eigenvalue weighted by atomic mass is 16.5. The summed E-state index contributed by atoms with van der Waals surface area (Å²) in [4.78, 5) is 18.5. The van der Waals surface area contributed by atoms with Gasteiger partial charge in [-0.2, -0.15) is 4.68 Å². The van der Waals surface area contributed by atoms with E-state index in [2.05, 4.69) is 15.1 Å². The molecule has 0 unspecified atom stereocenters. The minimum atomic E-state index is -0.557. The van der Waals surface area contributed by atoms with Gasteiger partial charge < -0.3 is 14.8 Å². The number of fused-ring (bicyclic) bond motifs is 1. The van der Waals surface area contributed by atoms with Crippen LogP contribution < -0.4 is 0 Å². The van der Waals surface area contributed by atoms with E-state index in [9.17, 15) is 9.90 Å². The number of H-pyrrole nitrogens is 1. The summed E-state index contributed by atoms with van der Waals surface area (Å²) in [5.41, 5.74) is 1.39. The summed E-state index contributed by atoms with van der Waals surface area (Å²) in [6, 6.07) is 9.08. The van der Waals surface area contributed by atoms with E-state index < -0.39 is 6.09 Å². The summed E-state index contributed by atoms with van der Waals surface area (Å²) in [6.07, 6.45) is 2.42. The number of aromatic nitrogens is 3. The molecule has 0 aliphatic rings. The molecule has 0 aliphatic heterocycles. The smallest absolute Gasteiger partial charge is 0.434 e. The van der Waals surface area contributed by atoms with Gasteiger partial charge in [0.25, 0.3) is 0 Å². The quantitative estimate of drug-likeness (QED) is 0.727. The van der Waals surface area contributed by atoms with Gasteiger partial charge in [0.1, 0.15) is 0 Å². The van der Waals surface area contributed by atoms with Crippen LogP contribution in [0, 0.1) is 0 Å². The molecule has 0 atom stereocenters. The van der Waals surface area contributed by atoms with Gasteiger partial charge in [0, 0.05) is 29.4 Å². The van der Waals surface area contributed by atoms with Gasteiger partial charge >= 0.3 is 6.09 Å². The highest BCUT2D eigenvalue weighted by Gasteiger charge is 2.09. The van der Waals surface area contributed by atoms with Gasteiger partial charge in [0.15, 0.2) is 11.7 Å². The van der Waals surface area contributed by atoms with Gasteiger partial charge in [-0.05, 0) is 13.0 Å². The Hall–Kier alpha value is -3.09. The number of nitrogens with one attached hydrogen (secondary N) is 1. The summed E-state index contributed by atoms with van der Waals surface area (Å²) in [6.45, 7) is 2.00. The van der Waals surface area contributed by atoms with Gasteiger partial charge in [0.2, 0.25) is 0 Å². The van der Waals surface area contributed by atoms with Crippen molar-refractivity contribution in [3.8, 4) is 5.88 Å². The second kappa shape index (κ2) is 5.72. The van der Waals surface area contributed by atoms with E-state index in [1.165, 1.54) is 12.4 Å². The molecule has 0 radical (unpaired) electrons. The molecular formula is C15H14N4O3. The Kier molecular flexibility index (Phi) is 3.61. The average Bonchev–Trinajstić information content (AvgIpc) is 3.09. The molecule has 0 saturated heterocycles. The Balaban J connectivity index is 1.87. The largest absolute Gasteiger partial charge is 0.494 e. The summed E-state index contributed by atoms with van der Waals surface area (Å²) in [5, 5.41) is 14.8. The number of carbonyl (C=O) groups excluding carboxylic acids is 1. The molecule has 0 bridgehead atoms. The normalized spacial score (nSPS) is 11.3. The number of hydrogen-bond acceptors (Lipinski definition) is 5. The number of benzene rings is 1. The summed E-state index contributed by atoms with van der Waals surface area (Å²) >= 11 is 0. The van der Waals surface area contributed by atoms with E-state index in [4.69, 9.17) is 4.74 Å². The zero-order chi connectivity index (χ0) is 15.5. The lowest BCUT2D eigenvalue weighted by molar-refractivity contribution is 0.150. The van der Waals surface area contributed by atoms with E-state index >= 15 is 0 Å². The molecule has 3 rings (SSSR count). The lowest BCUT2D eigenvalue weighted by Crippen LogP contribution is -2.13. The van der Waals surface area contributed by atoms with Crippen molar-refractivity contribution in [3.05, 3.63) is 42.1 Å². The van der Waals surface area contributed by atoms with E-state index in [0.717, 1.165) is 15.6 Å². The molecule has 7 heteroatoms. The summed E-state index contributed by atoms with van der Waals surface area (Å²) in [5.74, 6) is 0.382. The Morgan fingerprint density at radius 3 is 3.09 bits per heavy atom. The molecule has 2 aromatic heterocycles. The van der Waals surface area contributed by atoms with Crippen LogP contribution in [0.2, 0.25) is 0 Å². The van der Waals surface area contributed by atoms with Crippen LogP contribution >= 0.6 is 0 Å². The van der Waals surface area contributed by atoms with E-state index in [1.807, 2.05) is 24.3 Å². The fraction of sp³-hybridized carbons (Fsp3) is 0.133. The first-order chi connectivity index (χ1) is 10.7. The second-order valence-corrected chi connectivity index (χ2v) is 4.51. The first-order valence-corrected chi connectivity index (χ1v) is 6.75.